The number of hydrogen-bond acceptors (Lipinski definition) is 17. The van der Waals surface area contributed by atoms with Crippen LogP contribution in [0.3, 0.4) is 0 Å². The fourth-order valence-corrected chi connectivity index (χ4v) is 6.81. The standard InChI is InChI=1S/C32H42O17/c1-42-18-6-12(3-4-17(18)46-31-26(40)24(38)22(36)20(8-33)47-31)28-14-10-45-29(15(14)11-44-28)13-5-16(35)30(19(7-13)43-2)49-32-27(41)25(39)23(37)21(9-34)48-32/h3-7,14-15,20-29,31-41H,8-11H2,1-2H3/t14-,15-,20+,21+,22+,23+,24-,25-,26+,27+,28+,29+,31+,32-/m0/s1. The van der Waals surface area contributed by atoms with Gasteiger partial charge >= 0.3 is 0 Å². The monoisotopic (exact) mass is 698 g/mol. The molecule has 4 fully saturated rings. The maximum absolute atomic E-state index is 11.0. The van der Waals surface area contributed by atoms with E-state index in [1.807, 2.05) is 0 Å². The average Bonchev–Trinajstić information content (AvgIpc) is 3.72. The number of aliphatic hydroxyl groups excluding tert-OH is 8. The van der Waals surface area contributed by atoms with Crippen LogP contribution in [-0.4, -0.2) is 148 Å². The van der Waals surface area contributed by atoms with Crippen LogP contribution in [0.25, 0.3) is 0 Å². The minimum Gasteiger partial charge on any atom is -0.504 e. The first kappa shape index (κ1) is 35.8. The van der Waals surface area contributed by atoms with E-state index in [4.69, 9.17) is 37.9 Å². The second kappa shape index (κ2) is 14.7. The van der Waals surface area contributed by atoms with Gasteiger partial charge in [0.15, 0.2) is 23.0 Å². The van der Waals surface area contributed by atoms with Crippen molar-refractivity contribution in [3.8, 4) is 28.7 Å². The third-order valence-corrected chi connectivity index (χ3v) is 9.56. The quantitative estimate of drug-likeness (QED) is 0.128. The summed E-state index contributed by atoms with van der Waals surface area (Å²) in [5, 5.41) is 91.1. The Balaban J connectivity index is 1.16. The van der Waals surface area contributed by atoms with Gasteiger partial charge in [-0.1, -0.05) is 6.07 Å². The number of phenols is 1. The van der Waals surface area contributed by atoms with Crippen molar-refractivity contribution in [2.45, 2.75) is 73.6 Å². The Morgan fingerprint density at radius 1 is 0.612 bits per heavy atom. The highest BCUT2D eigenvalue weighted by atomic mass is 16.7. The summed E-state index contributed by atoms with van der Waals surface area (Å²) in [4.78, 5) is 0. The van der Waals surface area contributed by atoms with E-state index >= 15 is 0 Å². The van der Waals surface area contributed by atoms with Crippen molar-refractivity contribution < 1.29 is 83.9 Å². The van der Waals surface area contributed by atoms with Crippen molar-refractivity contribution in [3.05, 3.63) is 41.5 Å². The molecule has 17 nitrogen and oxygen atoms in total. The average molecular weight is 699 g/mol. The zero-order valence-electron chi connectivity index (χ0n) is 26.6. The highest BCUT2D eigenvalue weighted by Gasteiger charge is 2.50. The number of rotatable bonds is 10. The predicted octanol–water partition coefficient (Wildman–Crippen LogP) is -2.16. The van der Waals surface area contributed by atoms with E-state index in [2.05, 4.69) is 0 Å². The maximum atomic E-state index is 11.0. The van der Waals surface area contributed by atoms with Gasteiger partial charge in [-0.05, 0) is 35.4 Å². The van der Waals surface area contributed by atoms with Crippen molar-refractivity contribution in [1.82, 2.24) is 0 Å². The first-order valence-corrected chi connectivity index (χ1v) is 15.8. The van der Waals surface area contributed by atoms with E-state index in [9.17, 15) is 46.0 Å². The zero-order chi connectivity index (χ0) is 35.1. The van der Waals surface area contributed by atoms with Crippen molar-refractivity contribution in [2.75, 3.05) is 40.6 Å². The van der Waals surface area contributed by atoms with Crippen molar-refractivity contribution in [2.24, 2.45) is 11.8 Å². The molecule has 0 unspecified atom stereocenters. The van der Waals surface area contributed by atoms with E-state index in [0.29, 0.717) is 18.8 Å². The van der Waals surface area contributed by atoms with E-state index < -0.39 is 86.8 Å². The summed E-state index contributed by atoms with van der Waals surface area (Å²) in [6.07, 6.45) is -15.9. The Kier molecular flexibility index (Phi) is 10.7. The number of aromatic hydroxyl groups is 1. The van der Waals surface area contributed by atoms with E-state index in [1.165, 1.54) is 20.3 Å². The lowest BCUT2D eigenvalue weighted by molar-refractivity contribution is -0.277. The number of fused-ring (bicyclic) bond motifs is 1. The maximum Gasteiger partial charge on any atom is 0.229 e. The Bertz CT molecular complexity index is 1440. The molecule has 2 aromatic rings. The molecule has 6 rings (SSSR count). The highest BCUT2D eigenvalue weighted by Crippen LogP contribution is 2.53. The minimum atomic E-state index is -1.69. The van der Waals surface area contributed by atoms with Crippen LogP contribution in [0.2, 0.25) is 0 Å². The topological polar surface area (TPSA) is 256 Å². The minimum absolute atomic E-state index is 0.0780. The summed E-state index contributed by atoms with van der Waals surface area (Å²) < 4.78 is 45.8. The molecule has 0 radical (unpaired) electrons. The summed E-state index contributed by atoms with van der Waals surface area (Å²) in [7, 11) is 2.78. The van der Waals surface area contributed by atoms with Crippen LogP contribution < -0.4 is 18.9 Å². The molecule has 0 spiro atoms. The van der Waals surface area contributed by atoms with Gasteiger partial charge in [0.1, 0.15) is 48.8 Å². The fourth-order valence-electron chi connectivity index (χ4n) is 6.81. The van der Waals surface area contributed by atoms with Crippen LogP contribution in [0, 0.1) is 11.8 Å². The summed E-state index contributed by atoms with van der Waals surface area (Å²) in [6, 6.07) is 8.09. The molecule has 0 aliphatic carbocycles. The molecular formula is C32H42O17. The SMILES string of the molecule is COc1cc([C@H]2OC[C@H]3[C@@H]2CO[C@@H]3c2cc(O)c(O[C@@H]3O[C@H](CO)[C@@H](O)[C@H](O)[C@H]3O)c(OC)c2)ccc1O[C@@H]1O[C@H](CO)[C@@H](O)[C@H](O)[C@H]1O. The molecule has 14 atom stereocenters. The van der Waals surface area contributed by atoms with Crippen LogP contribution in [0.4, 0.5) is 0 Å². The normalized spacial score (nSPS) is 39.0. The number of hydrogen-bond donors (Lipinski definition) is 9. The predicted molar refractivity (Wildman–Crippen MR) is 161 cm³/mol. The fraction of sp³-hybridized carbons (Fsp3) is 0.625. The van der Waals surface area contributed by atoms with Gasteiger partial charge in [-0.3, -0.25) is 0 Å². The molecular weight excluding hydrogens is 656 g/mol. The van der Waals surface area contributed by atoms with Crippen molar-refractivity contribution >= 4 is 0 Å². The summed E-state index contributed by atoms with van der Waals surface area (Å²) in [5.74, 6) is -0.264. The molecule has 4 aliphatic rings. The molecule has 2 aromatic carbocycles. The molecule has 17 heteroatoms. The Labute approximate surface area is 280 Å². The van der Waals surface area contributed by atoms with Gasteiger partial charge in [-0.25, -0.2) is 0 Å². The zero-order valence-corrected chi connectivity index (χ0v) is 26.6. The van der Waals surface area contributed by atoms with Crippen LogP contribution in [0.15, 0.2) is 30.3 Å². The molecule has 0 aromatic heterocycles. The summed E-state index contributed by atoms with van der Waals surface area (Å²) >= 11 is 0. The number of phenolic OH excluding ortho intramolecular Hbond substituents is 1. The number of methoxy groups -OCH3 is 2. The first-order chi connectivity index (χ1) is 23.5. The Morgan fingerprint density at radius 3 is 1.65 bits per heavy atom. The molecule has 4 saturated heterocycles. The van der Waals surface area contributed by atoms with Gasteiger partial charge in [0.05, 0.1) is 52.9 Å². The Morgan fingerprint density at radius 2 is 1.12 bits per heavy atom. The second-order valence-electron chi connectivity index (χ2n) is 12.4. The molecule has 4 aliphatic heterocycles. The van der Waals surface area contributed by atoms with Gasteiger partial charge in [0.2, 0.25) is 18.3 Å². The van der Waals surface area contributed by atoms with Gasteiger partial charge < -0.3 is 83.9 Å². The molecule has 9 N–H and O–H groups in total. The summed E-state index contributed by atoms with van der Waals surface area (Å²) in [5.41, 5.74) is 1.31. The number of ether oxygens (including phenoxy) is 8. The van der Waals surface area contributed by atoms with Crippen molar-refractivity contribution in [1.29, 1.82) is 0 Å². The molecule has 4 heterocycles. The molecule has 0 saturated carbocycles. The summed E-state index contributed by atoms with van der Waals surface area (Å²) in [6.45, 7) is -0.613. The van der Waals surface area contributed by atoms with E-state index in [0.717, 1.165) is 5.56 Å². The Hall–Kier alpha value is -3.04. The van der Waals surface area contributed by atoms with Crippen LogP contribution in [-0.2, 0) is 18.9 Å². The smallest absolute Gasteiger partial charge is 0.229 e. The lowest BCUT2D eigenvalue weighted by Crippen LogP contribution is -2.60. The van der Waals surface area contributed by atoms with E-state index in [1.54, 1.807) is 24.3 Å². The van der Waals surface area contributed by atoms with Gasteiger partial charge in [0.25, 0.3) is 0 Å². The molecule has 0 bridgehead atoms. The molecule has 0 amide bonds. The van der Waals surface area contributed by atoms with Gasteiger partial charge in [0, 0.05) is 11.8 Å². The third-order valence-electron chi connectivity index (χ3n) is 9.56. The van der Waals surface area contributed by atoms with Crippen molar-refractivity contribution in [3.63, 3.8) is 0 Å². The third kappa shape index (κ3) is 6.62. The molecule has 272 valence electrons. The number of aliphatic hydroxyl groups is 8. The van der Waals surface area contributed by atoms with Crippen LogP contribution >= 0.6 is 0 Å². The van der Waals surface area contributed by atoms with Crippen LogP contribution in [0.5, 0.6) is 28.7 Å². The van der Waals surface area contributed by atoms with Gasteiger partial charge in [-0.15, -0.1) is 0 Å². The molecule has 49 heavy (non-hydrogen) atoms. The van der Waals surface area contributed by atoms with E-state index in [-0.39, 0.29) is 40.6 Å². The lowest BCUT2D eigenvalue weighted by atomic mass is 9.84. The first-order valence-electron chi connectivity index (χ1n) is 15.8. The van der Waals surface area contributed by atoms with Crippen LogP contribution in [0.1, 0.15) is 23.3 Å². The highest BCUT2D eigenvalue weighted by molar-refractivity contribution is 5.54. The largest absolute Gasteiger partial charge is 0.504 e. The second-order valence-corrected chi connectivity index (χ2v) is 12.4. The number of benzene rings is 2. The lowest BCUT2D eigenvalue weighted by Gasteiger charge is -2.39. The van der Waals surface area contributed by atoms with Gasteiger partial charge in [-0.2, -0.15) is 0 Å².